The van der Waals surface area contributed by atoms with E-state index in [1.165, 1.54) is 250 Å². The Balaban J connectivity index is 5.22. The third-order valence-electron chi connectivity index (χ3n) is 19.5. The fourth-order valence-corrected chi connectivity index (χ4v) is 14.5. The maximum absolute atomic E-state index is 13.1. The highest BCUT2D eigenvalue weighted by Gasteiger charge is 2.30. The Hall–Kier alpha value is -1.94. The highest BCUT2D eigenvalue weighted by Crippen LogP contribution is 2.45. The predicted molar refractivity (Wildman–Crippen MR) is 418 cm³/mol. The molecule has 0 amide bonds. The van der Waals surface area contributed by atoms with Crippen LogP contribution in [-0.4, -0.2) is 96.7 Å². The van der Waals surface area contributed by atoms with Crippen molar-refractivity contribution in [3.63, 3.8) is 0 Å². The lowest BCUT2D eigenvalue weighted by Gasteiger charge is -2.21. The van der Waals surface area contributed by atoms with Gasteiger partial charge in [0.1, 0.15) is 19.3 Å². The summed E-state index contributed by atoms with van der Waals surface area (Å²) < 4.78 is 68.8. The summed E-state index contributed by atoms with van der Waals surface area (Å²) in [6, 6.07) is 0. The van der Waals surface area contributed by atoms with Crippen LogP contribution in [0.25, 0.3) is 0 Å². The number of rotatable bonds is 82. The molecule has 0 saturated heterocycles. The first-order valence-corrected chi connectivity index (χ1v) is 46.0. The van der Waals surface area contributed by atoms with Crippen LogP contribution in [0, 0.1) is 11.8 Å². The van der Waals surface area contributed by atoms with Gasteiger partial charge >= 0.3 is 39.5 Å². The average molecular weight is 1490 g/mol. The summed E-state index contributed by atoms with van der Waals surface area (Å²) >= 11 is 0. The topological polar surface area (TPSA) is 237 Å². The van der Waals surface area contributed by atoms with Gasteiger partial charge in [0, 0.05) is 25.7 Å². The Morgan fingerprint density at radius 3 is 0.667 bits per heavy atom. The van der Waals surface area contributed by atoms with Crippen LogP contribution in [-0.2, 0) is 65.4 Å². The standard InChI is InChI=1S/C83H162O17P2/c1-7-9-11-13-15-17-19-21-23-25-27-29-31-33-35-37-42-48-55-61-67-82(87)99-78(71-93-80(85)65-59-53-47-41-36-34-32-30-28-26-24-22-20-18-16-14-12-10-8-2)73-97-101(89,90)95-69-77(84)70-96-102(91,92)98-74-79(72-94-81(86)66-60-54-50-44-46-52-58-64-76(5)6)100-83(88)68-62-56-49-43-39-38-40-45-51-57-63-75(3)4/h75-79,84H,7-74H2,1-6H3,(H,89,90)(H,91,92)/t77-,78-,79-/m1/s1. The number of unbranched alkanes of at least 4 members (excludes halogenated alkanes) is 52. The zero-order valence-corrected chi connectivity index (χ0v) is 68.7. The van der Waals surface area contributed by atoms with E-state index in [9.17, 15) is 43.2 Å². The van der Waals surface area contributed by atoms with E-state index in [0.717, 1.165) is 102 Å². The lowest BCUT2D eigenvalue weighted by Crippen LogP contribution is -2.30. The average Bonchev–Trinajstić information content (AvgIpc) is 0.967. The Morgan fingerprint density at radius 1 is 0.265 bits per heavy atom. The Bertz CT molecular complexity index is 1960. The van der Waals surface area contributed by atoms with Crippen molar-refractivity contribution in [3.8, 4) is 0 Å². The molecule has 0 rings (SSSR count). The summed E-state index contributed by atoms with van der Waals surface area (Å²) in [5, 5.41) is 10.6. The molecule has 19 heteroatoms. The van der Waals surface area contributed by atoms with Crippen LogP contribution in [0.5, 0.6) is 0 Å². The minimum Gasteiger partial charge on any atom is -0.462 e. The summed E-state index contributed by atoms with van der Waals surface area (Å²) in [6.07, 6.45) is 65.5. The van der Waals surface area contributed by atoms with Gasteiger partial charge in [-0.1, -0.05) is 388 Å². The molecule has 0 spiro atoms. The van der Waals surface area contributed by atoms with Gasteiger partial charge in [0.2, 0.25) is 0 Å². The first kappa shape index (κ1) is 100. The van der Waals surface area contributed by atoms with Crippen LogP contribution < -0.4 is 0 Å². The SMILES string of the molecule is CCCCCCCCCCCCCCCCCCCCCCC(=O)O[C@H](COC(=O)CCCCCCCCCCCCCCCCCCCCC)COP(=O)(O)OC[C@@H](O)COP(=O)(O)OC[C@@H](COC(=O)CCCCCCCCCC(C)C)OC(=O)CCCCCCCCCCCCC(C)C. The van der Waals surface area contributed by atoms with Gasteiger partial charge < -0.3 is 33.8 Å². The summed E-state index contributed by atoms with van der Waals surface area (Å²) in [7, 11) is -9.92. The highest BCUT2D eigenvalue weighted by molar-refractivity contribution is 7.47. The highest BCUT2D eigenvalue weighted by atomic mass is 31.2. The monoisotopic (exact) mass is 1490 g/mol. The third kappa shape index (κ3) is 76.3. The van der Waals surface area contributed by atoms with E-state index < -0.39 is 97.5 Å². The number of aliphatic hydroxyl groups is 1. The van der Waals surface area contributed by atoms with E-state index in [4.69, 9.17) is 37.0 Å². The molecule has 0 bridgehead atoms. The molecule has 606 valence electrons. The molecule has 0 aromatic heterocycles. The second kappa shape index (κ2) is 74.5. The molecular formula is C83H162O17P2. The van der Waals surface area contributed by atoms with Gasteiger partial charge in [-0.3, -0.25) is 37.3 Å². The number of carbonyl (C=O) groups is 4. The summed E-state index contributed by atoms with van der Waals surface area (Å²) in [5.41, 5.74) is 0. The van der Waals surface area contributed by atoms with Crippen LogP contribution in [0.4, 0.5) is 0 Å². The number of aliphatic hydroxyl groups excluding tert-OH is 1. The van der Waals surface area contributed by atoms with Gasteiger partial charge in [-0.25, -0.2) is 9.13 Å². The molecule has 0 aliphatic carbocycles. The first-order chi connectivity index (χ1) is 49.4. The van der Waals surface area contributed by atoms with Gasteiger partial charge in [0.05, 0.1) is 26.4 Å². The molecule has 5 atom stereocenters. The molecule has 0 fully saturated rings. The molecule has 0 saturated carbocycles. The zero-order chi connectivity index (χ0) is 74.9. The van der Waals surface area contributed by atoms with Crippen LogP contribution >= 0.6 is 15.6 Å². The molecule has 102 heavy (non-hydrogen) atoms. The van der Waals surface area contributed by atoms with Crippen molar-refractivity contribution in [1.82, 2.24) is 0 Å². The van der Waals surface area contributed by atoms with Crippen LogP contribution in [0.1, 0.15) is 440 Å². The number of ether oxygens (including phenoxy) is 4. The van der Waals surface area contributed by atoms with Crippen molar-refractivity contribution in [3.05, 3.63) is 0 Å². The maximum atomic E-state index is 13.1. The Kier molecular flexibility index (Phi) is 73.1. The van der Waals surface area contributed by atoms with Crippen molar-refractivity contribution >= 4 is 39.5 Å². The summed E-state index contributed by atoms with van der Waals surface area (Å²) in [6.45, 7) is 9.58. The van der Waals surface area contributed by atoms with E-state index in [1.807, 2.05) is 0 Å². The summed E-state index contributed by atoms with van der Waals surface area (Å²) in [5.74, 6) is -0.652. The molecule has 0 aliphatic heterocycles. The van der Waals surface area contributed by atoms with Gasteiger partial charge in [-0.15, -0.1) is 0 Å². The molecule has 0 heterocycles. The van der Waals surface area contributed by atoms with E-state index in [-0.39, 0.29) is 25.7 Å². The van der Waals surface area contributed by atoms with Gasteiger partial charge in [0.15, 0.2) is 12.2 Å². The van der Waals surface area contributed by atoms with E-state index in [0.29, 0.717) is 31.6 Å². The quantitative estimate of drug-likeness (QED) is 0.0222. The number of esters is 4. The zero-order valence-electron chi connectivity index (χ0n) is 66.9. The summed E-state index contributed by atoms with van der Waals surface area (Å²) in [4.78, 5) is 73.1. The first-order valence-electron chi connectivity index (χ1n) is 43.0. The second-order valence-corrected chi connectivity index (χ2v) is 33.7. The van der Waals surface area contributed by atoms with Crippen LogP contribution in [0.3, 0.4) is 0 Å². The number of carbonyl (C=O) groups excluding carboxylic acids is 4. The molecule has 0 radical (unpaired) electrons. The third-order valence-corrected chi connectivity index (χ3v) is 21.4. The maximum Gasteiger partial charge on any atom is 0.472 e. The van der Waals surface area contributed by atoms with E-state index in [2.05, 4.69) is 41.5 Å². The van der Waals surface area contributed by atoms with Crippen molar-refractivity contribution in [2.45, 2.75) is 458 Å². The van der Waals surface area contributed by atoms with Gasteiger partial charge in [-0.2, -0.15) is 0 Å². The molecule has 2 unspecified atom stereocenters. The van der Waals surface area contributed by atoms with Crippen molar-refractivity contribution < 1.29 is 80.2 Å². The molecule has 3 N–H and O–H groups in total. The van der Waals surface area contributed by atoms with Crippen molar-refractivity contribution in [2.24, 2.45) is 11.8 Å². The number of hydrogen-bond donors (Lipinski definition) is 3. The van der Waals surface area contributed by atoms with Crippen molar-refractivity contribution in [2.75, 3.05) is 39.6 Å². The molecular weight excluding hydrogens is 1330 g/mol. The minimum absolute atomic E-state index is 0.105. The fourth-order valence-electron chi connectivity index (χ4n) is 12.9. The fraction of sp³-hybridized carbons (Fsp3) is 0.952. The lowest BCUT2D eigenvalue weighted by atomic mass is 10.0. The Morgan fingerprint density at radius 2 is 0.451 bits per heavy atom. The molecule has 0 aromatic rings. The van der Waals surface area contributed by atoms with Crippen molar-refractivity contribution in [1.29, 1.82) is 0 Å². The second-order valence-electron chi connectivity index (χ2n) is 30.8. The number of hydrogen-bond acceptors (Lipinski definition) is 15. The van der Waals surface area contributed by atoms with Gasteiger partial charge in [-0.05, 0) is 37.5 Å². The largest absolute Gasteiger partial charge is 0.472 e. The van der Waals surface area contributed by atoms with Crippen LogP contribution in [0.15, 0.2) is 0 Å². The smallest absolute Gasteiger partial charge is 0.462 e. The normalized spacial score (nSPS) is 13.9. The predicted octanol–water partition coefficient (Wildman–Crippen LogP) is 25.1. The van der Waals surface area contributed by atoms with Gasteiger partial charge in [0.25, 0.3) is 0 Å². The molecule has 0 aliphatic rings. The van der Waals surface area contributed by atoms with E-state index >= 15 is 0 Å². The number of phosphoric ester groups is 2. The Labute approximate surface area is 626 Å². The molecule has 0 aromatic carbocycles. The number of phosphoric acid groups is 2. The minimum atomic E-state index is -4.96. The molecule has 17 nitrogen and oxygen atoms in total. The van der Waals surface area contributed by atoms with E-state index in [1.54, 1.807) is 0 Å². The van der Waals surface area contributed by atoms with Crippen LogP contribution in [0.2, 0.25) is 0 Å². The lowest BCUT2D eigenvalue weighted by molar-refractivity contribution is -0.161.